The van der Waals surface area contributed by atoms with Crippen LogP contribution in [0.1, 0.15) is 25.8 Å². The first-order chi connectivity index (χ1) is 9.88. The van der Waals surface area contributed by atoms with Crippen LogP contribution in [0.5, 0.6) is 0 Å². The molecule has 0 radical (unpaired) electrons. The lowest BCUT2D eigenvalue weighted by Gasteiger charge is -2.39. The smallest absolute Gasteiger partial charge is 0.226 e. The average molecular weight is 306 g/mol. The summed E-state index contributed by atoms with van der Waals surface area (Å²) in [6, 6.07) is 8.78. The van der Waals surface area contributed by atoms with Gasteiger partial charge < -0.3 is 10.2 Å². The minimum Gasteiger partial charge on any atom is -0.381 e. The van der Waals surface area contributed by atoms with Crippen molar-refractivity contribution in [3.63, 3.8) is 0 Å². The van der Waals surface area contributed by atoms with Crippen LogP contribution in [0, 0.1) is 5.41 Å². The van der Waals surface area contributed by atoms with Gasteiger partial charge in [-0.3, -0.25) is 4.79 Å². The molecular formula is C17H26N2OS. The Kier molecular flexibility index (Phi) is 5.20. The molecule has 1 saturated heterocycles. The van der Waals surface area contributed by atoms with Crippen LogP contribution in [0.15, 0.2) is 24.3 Å². The first-order valence-electron chi connectivity index (χ1n) is 7.52. The number of amides is 1. The molecule has 1 aliphatic heterocycles. The zero-order valence-corrected chi connectivity index (χ0v) is 14.3. The highest BCUT2D eigenvalue weighted by atomic mass is 32.2. The number of likely N-dealkylation sites (N-methyl/N-ethyl adjacent to an activating group) is 1. The summed E-state index contributed by atoms with van der Waals surface area (Å²) >= 11 is 2.03. The molecule has 0 aromatic heterocycles. The molecule has 4 heteroatoms. The average Bonchev–Trinajstić information content (AvgIpc) is 2.43. The Labute approximate surface area is 132 Å². The lowest BCUT2D eigenvalue weighted by atomic mass is 9.82. The van der Waals surface area contributed by atoms with Crippen LogP contribution >= 0.6 is 11.8 Å². The molecule has 1 heterocycles. The standard InChI is InChI=1S/C17H26N2OS/c1-17(2)9-10-21-12-15(17)18-14-7-5-13(6-8-14)11-16(20)19(3)4/h5-8,15,18H,9-12H2,1-4H3. The molecule has 0 saturated carbocycles. The maximum absolute atomic E-state index is 11.7. The van der Waals surface area contributed by atoms with E-state index < -0.39 is 0 Å². The van der Waals surface area contributed by atoms with Gasteiger partial charge in [0.15, 0.2) is 0 Å². The molecule has 1 N–H and O–H groups in total. The Hall–Kier alpha value is -1.16. The number of thioether (sulfide) groups is 1. The second kappa shape index (κ2) is 6.73. The van der Waals surface area contributed by atoms with E-state index in [0.29, 0.717) is 17.9 Å². The largest absolute Gasteiger partial charge is 0.381 e. The SMILES string of the molecule is CN(C)C(=O)Cc1ccc(NC2CSCCC2(C)C)cc1. The second-order valence-corrected chi connectivity index (χ2v) is 7.82. The van der Waals surface area contributed by atoms with Gasteiger partial charge in [-0.2, -0.15) is 11.8 Å². The highest BCUT2D eigenvalue weighted by molar-refractivity contribution is 7.99. The van der Waals surface area contributed by atoms with Gasteiger partial charge in [-0.05, 0) is 35.3 Å². The summed E-state index contributed by atoms with van der Waals surface area (Å²) in [5.74, 6) is 2.56. The number of carbonyl (C=O) groups is 1. The van der Waals surface area contributed by atoms with Crippen LogP contribution in [-0.2, 0) is 11.2 Å². The van der Waals surface area contributed by atoms with E-state index in [2.05, 4.69) is 31.3 Å². The van der Waals surface area contributed by atoms with Gasteiger partial charge in [0.05, 0.1) is 6.42 Å². The summed E-state index contributed by atoms with van der Waals surface area (Å²) in [5, 5.41) is 3.66. The summed E-state index contributed by atoms with van der Waals surface area (Å²) in [7, 11) is 3.59. The zero-order chi connectivity index (χ0) is 15.5. The van der Waals surface area contributed by atoms with Gasteiger partial charge in [-0.1, -0.05) is 26.0 Å². The van der Waals surface area contributed by atoms with E-state index in [1.807, 2.05) is 23.9 Å². The third-order valence-electron chi connectivity index (χ3n) is 4.27. The van der Waals surface area contributed by atoms with E-state index in [1.165, 1.54) is 12.2 Å². The zero-order valence-electron chi connectivity index (χ0n) is 13.5. The van der Waals surface area contributed by atoms with Gasteiger partial charge in [0, 0.05) is 31.6 Å². The normalized spacial score (nSPS) is 20.9. The Morgan fingerprint density at radius 3 is 2.57 bits per heavy atom. The van der Waals surface area contributed by atoms with Crippen molar-refractivity contribution in [2.75, 3.05) is 30.9 Å². The van der Waals surface area contributed by atoms with Crippen LogP contribution in [0.4, 0.5) is 5.69 Å². The van der Waals surface area contributed by atoms with E-state index in [4.69, 9.17) is 0 Å². The van der Waals surface area contributed by atoms with Crippen LogP contribution in [0.3, 0.4) is 0 Å². The molecule has 0 spiro atoms. The molecule has 1 aliphatic rings. The number of benzene rings is 1. The molecule has 21 heavy (non-hydrogen) atoms. The first kappa shape index (κ1) is 16.2. The highest BCUT2D eigenvalue weighted by Crippen LogP contribution is 2.35. The number of carbonyl (C=O) groups excluding carboxylic acids is 1. The summed E-state index contributed by atoms with van der Waals surface area (Å²) < 4.78 is 0. The molecule has 1 atom stereocenters. The quantitative estimate of drug-likeness (QED) is 0.926. The Morgan fingerprint density at radius 1 is 1.33 bits per heavy atom. The van der Waals surface area contributed by atoms with E-state index in [-0.39, 0.29) is 5.91 Å². The van der Waals surface area contributed by atoms with Gasteiger partial charge in [-0.15, -0.1) is 0 Å². The second-order valence-electron chi connectivity index (χ2n) is 6.67. The molecule has 0 aliphatic carbocycles. The van der Waals surface area contributed by atoms with Gasteiger partial charge in [0.25, 0.3) is 0 Å². The lowest BCUT2D eigenvalue weighted by molar-refractivity contribution is -0.127. The number of anilines is 1. The maximum Gasteiger partial charge on any atom is 0.226 e. The third-order valence-corrected chi connectivity index (χ3v) is 5.33. The Morgan fingerprint density at radius 2 is 2.00 bits per heavy atom. The molecule has 1 unspecified atom stereocenters. The molecule has 3 nitrogen and oxygen atoms in total. The van der Waals surface area contributed by atoms with Crippen molar-refractivity contribution in [1.29, 1.82) is 0 Å². The first-order valence-corrected chi connectivity index (χ1v) is 8.67. The number of nitrogens with zero attached hydrogens (tertiary/aromatic N) is 1. The van der Waals surface area contributed by atoms with Crippen molar-refractivity contribution in [2.24, 2.45) is 5.41 Å². The number of hydrogen-bond acceptors (Lipinski definition) is 3. The number of nitrogens with one attached hydrogen (secondary N) is 1. The van der Waals surface area contributed by atoms with Crippen molar-refractivity contribution in [3.05, 3.63) is 29.8 Å². The van der Waals surface area contributed by atoms with Gasteiger partial charge in [0.1, 0.15) is 0 Å². The minimum atomic E-state index is 0.139. The predicted molar refractivity (Wildman–Crippen MR) is 92.0 cm³/mol. The number of hydrogen-bond donors (Lipinski definition) is 1. The molecule has 116 valence electrons. The predicted octanol–water partition coefficient (Wildman–Crippen LogP) is 3.26. The Balaban J connectivity index is 1.97. The van der Waals surface area contributed by atoms with Crippen LogP contribution < -0.4 is 5.32 Å². The fourth-order valence-corrected chi connectivity index (χ4v) is 4.03. The van der Waals surface area contributed by atoms with Crippen LogP contribution in [0.2, 0.25) is 0 Å². The van der Waals surface area contributed by atoms with Crippen molar-refractivity contribution < 1.29 is 4.79 Å². The van der Waals surface area contributed by atoms with Crippen molar-refractivity contribution in [1.82, 2.24) is 4.90 Å². The number of rotatable bonds is 4. The Bertz CT molecular complexity index is 482. The van der Waals surface area contributed by atoms with Crippen LogP contribution in [0.25, 0.3) is 0 Å². The maximum atomic E-state index is 11.7. The van der Waals surface area contributed by atoms with Crippen molar-refractivity contribution >= 4 is 23.4 Å². The summed E-state index contributed by atoms with van der Waals surface area (Å²) in [6.45, 7) is 4.68. The van der Waals surface area contributed by atoms with E-state index >= 15 is 0 Å². The molecular weight excluding hydrogens is 280 g/mol. The van der Waals surface area contributed by atoms with Crippen molar-refractivity contribution in [2.45, 2.75) is 32.7 Å². The van der Waals surface area contributed by atoms with E-state index in [9.17, 15) is 4.79 Å². The minimum absolute atomic E-state index is 0.139. The fourth-order valence-electron chi connectivity index (χ4n) is 2.43. The van der Waals surface area contributed by atoms with Crippen molar-refractivity contribution in [3.8, 4) is 0 Å². The monoisotopic (exact) mass is 306 g/mol. The van der Waals surface area contributed by atoms with Gasteiger partial charge >= 0.3 is 0 Å². The van der Waals surface area contributed by atoms with Crippen LogP contribution in [-0.4, -0.2) is 42.4 Å². The summed E-state index contributed by atoms with van der Waals surface area (Å²) in [4.78, 5) is 13.3. The summed E-state index contributed by atoms with van der Waals surface area (Å²) in [6.07, 6.45) is 1.73. The van der Waals surface area contributed by atoms with Gasteiger partial charge in [-0.25, -0.2) is 0 Å². The third kappa shape index (κ3) is 4.40. The molecule has 1 amide bonds. The topological polar surface area (TPSA) is 32.3 Å². The molecule has 1 fully saturated rings. The van der Waals surface area contributed by atoms with Gasteiger partial charge in [0.2, 0.25) is 5.91 Å². The summed E-state index contributed by atoms with van der Waals surface area (Å²) in [5.41, 5.74) is 2.55. The molecule has 1 aromatic rings. The molecule has 1 aromatic carbocycles. The highest BCUT2D eigenvalue weighted by Gasteiger charge is 2.32. The van der Waals surface area contributed by atoms with E-state index in [1.54, 1.807) is 19.0 Å². The fraction of sp³-hybridized carbons (Fsp3) is 0.588. The molecule has 2 rings (SSSR count). The van der Waals surface area contributed by atoms with E-state index in [0.717, 1.165) is 17.0 Å². The lowest BCUT2D eigenvalue weighted by Crippen LogP contribution is -2.41. The molecule has 0 bridgehead atoms.